The molecule has 1 N–H and O–H groups in total. The number of nitrogens with one attached hydrogen (secondary N) is 1. The average Bonchev–Trinajstić information content (AvgIpc) is 3.12. The van der Waals surface area contributed by atoms with E-state index in [0.29, 0.717) is 27.9 Å². The number of rotatable bonds is 6. The van der Waals surface area contributed by atoms with Crippen molar-refractivity contribution in [3.63, 3.8) is 0 Å². The maximum atomic E-state index is 13.3. The molecule has 0 spiro atoms. The van der Waals surface area contributed by atoms with Crippen LogP contribution in [-0.2, 0) is 0 Å². The van der Waals surface area contributed by atoms with E-state index in [1.54, 1.807) is 31.9 Å². The van der Waals surface area contributed by atoms with Crippen molar-refractivity contribution in [2.75, 3.05) is 19.6 Å². The Bertz CT molecular complexity index is 995. The standard InChI is InChI=1S/C18H14BrF2N3O2S/c1-25-16-6-10(5-12(19)17(16)26-2)8-22-24-18-23-15(9-27-18)11-3-4-13(20)14(21)7-11/h3-9H,1-2H3,(H,23,24)/b22-8+. The molecule has 0 unspecified atom stereocenters. The van der Waals surface area contributed by atoms with Crippen molar-refractivity contribution in [3.8, 4) is 22.8 Å². The van der Waals surface area contributed by atoms with Crippen LogP contribution >= 0.6 is 27.3 Å². The van der Waals surface area contributed by atoms with E-state index >= 15 is 0 Å². The van der Waals surface area contributed by atoms with Crippen LogP contribution in [0.3, 0.4) is 0 Å². The van der Waals surface area contributed by atoms with Crippen LogP contribution in [0, 0.1) is 11.6 Å². The van der Waals surface area contributed by atoms with Gasteiger partial charge in [-0.25, -0.2) is 13.8 Å². The van der Waals surface area contributed by atoms with Gasteiger partial charge in [0.25, 0.3) is 0 Å². The molecule has 0 aliphatic heterocycles. The molecule has 1 aromatic heterocycles. The Labute approximate surface area is 166 Å². The minimum atomic E-state index is -0.910. The first-order chi connectivity index (χ1) is 13.0. The van der Waals surface area contributed by atoms with E-state index in [2.05, 4.69) is 31.4 Å². The average molecular weight is 454 g/mol. The number of nitrogens with zero attached hydrogens (tertiary/aromatic N) is 2. The zero-order valence-electron chi connectivity index (χ0n) is 14.3. The van der Waals surface area contributed by atoms with Crippen molar-refractivity contribution in [3.05, 3.63) is 57.4 Å². The topological polar surface area (TPSA) is 55.7 Å². The Kier molecular flexibility index (Phi) is 6.02. The summed E-state index contributed by atoms with van der Waals surface area (Å²) in [5.41, 5.74) is 4.62. The molecule has 3 aromatic rings. The van der Waals surface area contributed by atoms with Crippen molar-refractivity contribution in [2.24, 2.45) is 5.10 Å². The number of methoxy groups -OCH3 is 2. The van der Waals surface area contributed by atoms with Crippen molar-refractivity contribution >= 4 is 38.6 Å². The Morgan fingerprint density at radius 1 is 1.15 bits per heavy atom. The van der Waals surface area contributed by atoms with Crippen molar-refractivity contribution < 1.29 is 18.3 Å². The van der Waals surface area contributed by atoms with E-state index < -0.39 is 11.6 Å². The number of hydrogen-bond donors (Lipinski definition) is 1. The predicted octanol–water partition coefficient (Wildman–Crippen LogP) is 5.31. The van der Waals surface area contributed by atoms with Crippen LogP contribution in [0.5, 0.6) is 11.5 Å². The molecule has 0 aliphatic carbocycles. The molecule has 0 atom stereocenters. The number of halogens is 3. The van der Waals surface area contributed by atoms with Gasteiger partial charge in [0.05, 0.1) is 30.6 Å². The molecule has 2 aromatic carbocycles. The fourth-order valence-electron chi connectivity index (χ4n) is 2.29. The number of aromatic nitrogens is 1. The second kappa shape index (κ2) is 8.45. The molecule has 0 amide bonds. The smallest absolute Gasteiger partial charge is 0.203 e. The molecule has 0 radical (unpaired) electrons. The van der Waals surface area contributed by atoms with Gasteiger partial charge in [0.15, 0.2) is 23.1 Å². The van der Waals surface area contributed by atoms with Gasteiger partial charge in [-0.15, -0.1) is 11.3 Å². The summed E-state index contributed by atoms with van der Waals surface area (Å²) in [4.78, 5) is 4.31. The van der Waals surface area contributed by atoms with E-state index in [4.69, 9.17) is 9.47 Å². The summed E-state index contributed by atoms with van der Waals surface area (Å²) in [5.74, 6) is -0.632. The second-order valence-electron chi connectivity index (χ2n) is 5.28. The minimum Gasteiger partial charge on any atom is -0.493 e. The zero-order valence-corrected chi connectivity index (χ0v) is 16.7. The fourth-order valence-corrected chi connectivity index (χ4v) is 3.58. The van der Waals surface area contributed by atoms with Gasteiger partial charge in [-0.3, -0.25) is 5.43 Å². The highest BCUT2D eigenvalue weighted by Crippen LogP contribution is 2.35. The Hall–Kier alpha value is -2.52. The highest BCUT2D eigenvalue weighted by atomic mass is 79.9. The third-order valence-corrected chi connectivity index (χ3v) is 4.89. The highest BCUT2D eigenvalue weighted by Gasteiger charge is 2.10. The molecule has 1 heterocycles. The molecule has 9 heteroatoms. The number of benzene rings is 2. The van der Waals surface area contributed by atoms with Gasteiger partial charge in [0.1, 0.15) is 0 Å². The van der Waals surface area contributed by atoms with E-state index in [1.807, 2.05) is 6.07 Å². The summed E-state index contributed by atoms with van der Waals surface area (Å²) in [6, 6.07) is 7.27. The van der Waals surface area contributed by atoms with Crippen LogP contribution < -0.4 is 14.9 Å². The van der Waals surface area contributed by atoms with Crippen LogP contribution in [0.25, 0.3) is 11.3 Å². The number of anilines is 1. The van der Waals surface area contributed by atoms with Crippen molar-refractivity contribution in [2.45, 2.75) is 0 Å². The van der Waals surface area contributed by atoms with E-state index in [9.17, 15) is 8.78 Å². The lowest BCUT2D eigenvalue weighted by Gasteiger charge is -2.10. The molecule has 0 aliphatic rings. The van der Waals surface area contributed by atoms with Crippen LogP contribution in [0.1, 0.15) is 5.56 Å². The molecule has 0 saturated carbocycles. The molecule has 5 nitrogen and oxygen atoms in total. The van der Waals surface area contributed by atoms with E-state index in [1.165, 1.54) is 17.4 Å². The van der Waals surface area contributed by atoms with Crippen LogP contribution in [0.15, 0.2) is 45.3 Å². The fraction of sp³-hybridized carbons (Fsp3) is 0.111. The lowest BCUT2D eigenvalue weighted by Crippen LogP contribution is -1.95. The molecule has 0 bridgehead atoms. The SMILES string of the molecule is COc1cc(/C=N/Nc2nc(-c3ccc(F)c(F)c3)cs2)cc(Br)c1OC. The van der Waals surface area contributed by atoms with Crippen LogP contribution in [0.2, 0.25) is 0 Å². The molecule has 3 rings (SSSR count). The van der Waals surface area contributed by atoms with Gasteiger partial charge >= 0.3 is 0 Å². The van der Waals surface area contributed by atoms with Crippen LogP contribution in [0.4, 0.5) is 13.9 Å². The quantitative estimate of drug-likeness (QED) is 0.405. The Balaban J connectivity index is 1.73. The third kappa shape index (κ3) is 4.42. The van der Waals surface area contributed by atoms with Gasteiger partial charge in [-0.1, -0.05) is 0 Å². The molecule has 0 saturated heterocycles. The molecule has 140 valence electrons. The van der Waals surface area contributed by atoms with Gasteiger partial charge in [-0.05, 0) is 51.8 Å². The summed E-state index contributed by atoms with van der Waals surface area (Å²) in [6.45, 7) is 0. The predicted molar refractivity (Wildman–Crippen MR) is 106 cm³/mol. The first-order valence-electron chi connectivity index (χ1n) is 7.63. The number of hydrazone groups is 1. The van der Waals surface area contributed by atoms with Gasteiger partial charge in [0.2, 0.25) is 5.13 Å². The van der Waals surface area contributed by atoms with Crippen LogP contribution in [-0.4, -0.2) is 25.4 Å². The summed E-state index contributed by atoms with van der Waals surface area (Å²) >= 11 is 4.72. The number of ether oxygens (including phenoxy) is 2. The summed E-state index contributed by atoms with van der Waals surface area (Å²) in [7, 11) is 3.11. The molecule has 0 fully saturated rings. The number of hydrogen-bond acceptors (Lipinski definition) is 6. The Morgan fingerprint density at radius 2 is 1.96 bits per heavy atom. The minimum absolute atomic E-state index is 0.492. The normalized spacial score (nSPS) is 11.0. The molecular formula is C18H14BrF2N3O2S. The maximum absolute atomic E-state index is 13.3. The van der Waals surface area contributed by atoms with E-state index in [-0.39, 0.29) is 0 Å². The van der Waals surface area contributed by atoms with Gasteiger partial charge < -0.3 is 9.47 Å². The van der Waals surface area contributed by atoms with Crippen molar-refractivity contribution in [1.29, 1.82) is 0 Å². The Morgan fingerprint density at radius 3 is 2.67 bits per heavy atom. The lowest BCUT2D eigenvalue weighted by atomic mass is 10.2. The van der Waals surface area contributed by atoms with E-state index in [0.717, 1.165) is 22.2 Å². The summed E-state index contributed by atoms with van der Waals surface area (Å²) in [5, 5.41) is 6.40. The monoisotopic (exact) mass is 453 g/mol. The maximum Gasteiger partial charge on any atom is 0.203 e. The summed E-state index contributed by atoms with van der Waals surface area (Å²) < 4.78 is 37.7. The van der Waals surface area contributed by atoms with Gasteiger partial charge in [0, 0.05) is 10.9 Å². The first-order valence-corrected chi connectivity index (χ1v) is 9.30. The van der Waals surface area contributed by atoms with Crippen molar-refractivity contribution in [1.82, 2.24) is 4.98 Å². The molecular weight excluding hydrogens is 440 g/mol. The third-order valence-electron chi connectivity index (χ3n) is 3.55. The largest absolute Gasteiger partial charge is 0.493 e. The first kappa shape index (κ1) is 19.2. The summed E-state index contributed by atoms with van der Waals surface area (Å²) in [6.07, 6.45) is 1.60. The number of thiazole rings is 1. The van der Waals surface area contributed by atoms with Gasteiger partial charge in [-0.2, -0.15) is 5.10 Å². The second-order valence-corrected chi connectivity index (χ2v) is 6.99. The zero-order chi connectivity index (χ0) is 19.4. The highest BCUT2D eigenvalue weighted by molar-refractivity contribution is 9.10. The lowest BCUT2D eigenvalue weighted by molar-refractivity contribution is 0.353. The molecule has 27 heavy (non-hydrogen) atoms.